The van der Waals surface area contributed by atoms with Crippen LogP contribution in [0.25, 0.3) is 0 Å². The molecule has 0 heterocycles. The summed E-state index contributed by atoms with van der Waals surface area (Å²) in [5, 5.41) is 12.1. The van der Waals surface area contributed by atoms with Crippen LogP contribution >= 0.6 is 0 Å². The van der Waals surface area contributed by atoms with Crippen LogP contribution < -0.4 is 5.32 Å². The first kappa shape index (κ1) is 12.1. The standard InChI is InChI=1S/C14H17FN2/c1-10(6-11-2-3-11)17-9-13-7-12(8-16)4-5-14(13)15/h4-5,7,10-11,17H,2-3,6,9H2,1H3. The van der Waals surface area contributed by atoms with Crippen molar-refractivity contribution in [3.63, 3.8) is 0 Å². The Labute approximate surface area is 101 Å². The van der Waals surface area contributed by atoms with E-state index >= 15 is 0 Å². The lowest BCUT2D eigenvalue weighted by atomic mass is 10.1. The first-order chi connectivity index (χ1) is 8.19. The quantitative estimate of drug-likeness (QED) is 0.847. The van der Waals surface area contributed by atoms with Gasteiger partial charge in [-0.3, -0.25) is 0 Å². The normalized spacial score (nSPS) is 16.5. The molecule has 1 aromatic carbocycles. The van der Waals surface area contributed by atoms with Gasteiger partial charge in [-0.25, -0.2) is 4.39 Å². The molecule has 1 saturated carbocycles. The fraction of sp³-hybridized carbons (Fsp3) is 0.500. The Balaban J connectivity index is 1.90. The first-order valence-corrected chi connectivity index (χ1v) is 6.11. The van der Waals surface area contributed by atoms with Crippen LogP contribution in [0, 0.1) is 23.1 Å². The zero-order valence-corrected chi connectivity index (χ0v) is 10.0. The molecule has 1 N–H and O–H groups in total. The SMILES string of the molecule is CC(CC1CC1)NCc1cc(C#N)ccc1F. The van der Waals surface area contributed by atoms with Crippen molar-refractivity contribution in [2.45, 2.75) is 38.8 Å². The van der Waals surface area contributed by atoms with Gasteiger partial charge in [0.2, 0.25) is 0 Å². The van der Waals surface area contributed by atoms with Gasteiger partial charge in [0, 0.05) is 18.2 Å². The summed E-state index contributed by atoms with van der Waals surface area (Å²) in [6.45, 7) is 2.62. The van der Waals surface area contributed by atoms with E-state index < -0.39 is 0 Å². The highest BCUT2D eigenvalue weighted by atomic mass is 19.1. The maximum Gasteiger partial charge on any atom is 0.127 e. The topological polar surface area (TPSA) is 35.8 Å². The molecule has 1 aliphatic rings. The lowest BCUT2D eigenvalue weighted by molar-refractivity contribution is 0.478. The summed E-state index contributed by atoms with van der Waals surface area (Å²) in [5.74, 6) is 0.628. The molecule has 1 aromatic rings. The number of benzene rings is 1. The Morgan fingerprint density at radius 3 is 2.94 bits per heavy atom. The van der Waals surface area contributed by atoms with E-state index in [0.717, 1.165) is 5.92 Å². The summed E-state index contributed by atoms with van der Waals surface area (Å²) < 4.78 is 13.5. The molecule has 0 aliphatic heterocycles. The second-order valence-electron chi connectivity index (χ2n) is 4.88. The molecule has 3 heteroatoms. The van der Waals surface area contributed by atoms with Crippen molar-refractivity contribution in [1.29, 1.82) is 5.26 Å². The maximum atomic E-state index is 13.5. The molecule has 17 heavy (non-hydrogen) atoms. The third-order valence-electron chi connectivity index (χ3n) is 3.20. The van der Waals surface area contributed by atoms with E-state index in [1.165, 1.54) is 31.4 Å². The molecule has 0 radical (unpaired) electrons. The van der Waals surface area contributed by atoms with Crippen molar-refractivity contribution in [1.82, 2.24) is 5.32 Å². The molecule has 1 atom stereocenters. The van der Waals surface area contributed by atoms with Crippen LogP contribution in [0.1, 0.15) is 37.3 Å². The van der Waals surface area contributed by atoms with Gasteiger partial charge in [-0.15, -0.1) is 0 Å². The summed E-state index contributed by atoms with van der Waals surface area (Å²) in [7, 11) is 0. The van der Waals surface area contributed by atoms with Gasteiger partial charge >= 0.3 is 0 Å². The van der Waals surface area contributed by atoms with Crippen molar-refractivity contribution in [2.75, 3.05) is 0 Å². The van der Waals surface area contributed by atoms with E-state index in [-0.39, 0.29) is 5.82 Å². The van der Waals surface area contributed by atoms with Gasteiger partial charge in [0.05, 0.1) is 11.6 Å². The van der Waals surface area contributed by atoms with Crippen molar-refractivity contribution in [3.8, 4) is 6.07 Å². The Morgan fingerprint density at radius 1 is 1.53 bits per heavy atom. The lowest BCUT2D eigenvalue weighted by Crippen LogP contribution is -2.26. The van der Waals surface area contributed by atoms with Crippen molar-refractivity contribution < 1.29 is 4.39 Å². The zero-order chi connectivity index (χ0) is 12.3. The highest BCUT2D eigenvalue weighted by molar-refractivity contribution is 5.33. The number of hydrogen-bond donors (Lipinski definition) is 1. The highest BCUT2D eigenvalue weighted by Crippen LogP contribution is 2.33. The van der Waals surface area contributed by atoms with Crippen LogP contribution in [0.2, 0.25) is 0 Å². The zero-order valence-electron chi connectivity index (χ0n) is 10.0. The number of halogens is 1. The number of nitrogens with zero attached hydrogens (tertiary/aromatic N) is 1. The summed E-state index contributed by atoms with van der Waals surface area (Å²) in [6, 6.07) is 6.93. The Bertz CT molecular complexity index is 432. The molecule has 2 nitrogen and oxygen atoms in total. The number of nitrogens with one attached hydrogen (secondary N) is 1. The molecular weight excluding hydrogens is 215 g/mol. The molecule has 0 aromatic heterocycles. The largest absolute Gasteiger partial charge is 0.310 e. The van der Waals surface area contributed by atoms with Crippen LogP contribution in [-0.2, 0) is 6.54 Å². The maximum absolute atomic E-state index is 13.5. The average molecular weight is 232 g/mol. The van der Waals surface area contributed by atoms with Gasteiger partial charge in [-0.1, -0.05) is 12.8 Å². The molecule has 90 valence electrons. The predicted molar refractivity (Wildman–Crippen MR) is 64.8 cm³/mol. The molecule has 0 spiro atoms. The molecule has 2 rings (SSSR count). The highest BCUT2D eigenvalue weighted by Gasteiger charge is 2.23. The van der Waals surface area contributed by atoms with Gasteiger partial charge in [-0.05, 0) is 37.5 Å². The lowest BCUT2D eigenvalue weighted by Gasteiger charge is -2.13. The average Bonchev–Trinajstić information content (AvgIpc) is 3.12. The van der Waals surface area contributed by atoms with Gasteiger partial charge in [-0.2, -0.15) is 5.26 Å². The van der Waals surface area contributed by atoms with Gasteiger partial charge in [0.1, 0.15) is 5.82 Å². The van der Waals surface area contributed by atoms with Crippen LogP contribution in [0.4, 0.5) is 4.39 Å². The number of nitriles is 1. The monoisotopic (exact) mass is 232 g/mol. The number of rotatable bonds is 5. The molecular formula is C14H17FN2. The first-order valence-electron chi connectivity index (χ1n) is 6.11. The van der Waals surface area contributed by atoms with E-state index in [9.17, 15) is 4.39 Å². The second-order valence-corrected chi connectivity index (χ2v) is 4.88. The smallest absolute Gasteiger partial charge is 0.127 e. The third kappa shape index (κ3) is 3.54. The van der Waals surface area contributed by atoms with Crippen LogP contribution in [0.15, 0.2) is 18.2 Å². The molecule has 1 unspecified atom stereocenters. The Hall–Kier alpha value is -1.40. The molecule has 1 aliphatic carbocycles. The second kappa shape index (κ2) is 5.29. The summed E-state index contributed by atoms with van der Waals surface area (Å²) in [5.41, 5.74) is 1.09. The van der Waals surface area contributed by atoms with Gasteiger partial charge in [0.25, 0.3) is 0 Å². The fourth-order valence-electron chi connectivity index (χ4n) is 2.00. The Kier molecular flexibility index (Phi) is 3.75. The molecule has 1 fully saturated rings. The van der Waals surface area contributed by atoms with E-state index in [1.54, 1.807) is 6.07 Å². The number of hydrogen-bond acceptors (Lipinski definition) is 2. The van der Waals surface area contributed by atoms with Gasteiger partial charge in [0.15, 0.2) is 0 Å². The van der Waals surface area contributed by atoms with Crippen LogP contribution in [-0.4, -0.2) is 6.04 Å². The molecule has 0 amide bonds. The summed E-state index contributed by atoms with van der Waals surface area (Å²) in [4.78, 5) is 0. The Morgan fingerprint density at radius 2 is 2.29 bits per heavy atom. The summed E-state index contributed by atoms with van der Waals surface area (Å²) >= 11 is 0. The van der Waals surface area contributed by atoms with Crippen molar-refractivity contribution >= 4 is 0 Å². The predicted octanol–water partition coefficient (Wildman–Crippen LogP) is 2.98. The summed E-state index contributed by atoms with van der Waals surface area (Å²) in [6.07, 6.45) is 3.84. The van der Waals surface area contributed by atoms with E-state index in [4.69, 9.17) is 5.26 Å². The van der Waals surface area contributed by atoms with E-state index in [1.807, 2.05) is 6.07 Å². The van der Waals surface area contributed by atoms with Crippen LogP contribution in [0.3, 0.4) is 0 Å². The van der Waals surface area contributed by atoms with E-state index in [2.05, 4.69) is 12.2 Å². The molecule has 0 bridgehead atoms. The fourth-order valence-corrected chi connectivity index (χ4v) is 2.00. The van der Waals surface area contributed by atoms with Crippen LogP contribution in [0.5, 0.6) is 0 Å². The minimum Gasteiger partial charge on any atom is -0.310 e. The van der Waals surface area contributed by atoms with Gasteiger partial charge < -0.3 is 5.32 Å². The van der Waals surface area contributed by atoms with Crippen molar-refractivity contribution in [3.05, 3.63) is 35.1 Å². The van der Waals surface area contributed by atoms with Crippen molar-refractivity contribution in [2.24, 2.45) is 5.92 Å². The third-order valence-corrected chi connectivity index (χ3v) is 3.20. The minimum absolute atomic E-state index is 0.241. The van der Waals surface area contributed by atoms with E-state index in [0.29, 0.717) is 23.7 Å². The minimum atomic E-state index is -0.241. The molecule has 0 saturated heterocycles.